The van der Waals surface area contributed by atoms with Gasteiger partial charge >= 0.3 is 0 Å². The summed E-state index contributed by atoms with van der Waals surface area (Å²) in [6.07, 6.45) is 3.62. The van der Waals surface area contributed by atoms with Crippen molar-refractivity contribution in [2.45, 2.75) is 33.1 Å². The van der Waals surface area contributed by atoms with E-state index in [9.17, 15) is 0 Å². The lowest BCUT2D eigenvalue weighted by Gasteiger charge is -2.21. The molecule has 26 heavy (non-hydrogen) atoms. The number of nitrogens with one attached hydrogen (secondary N) is 2. The number of rotatable bonds is 8. The van der Waals surface area contributed by atoms with E-state index in [-0.39, 0.29) is 24.0 Å². The van der Waals surface area contributed by atoms with Crippen LogP contribution in [0.2, 0.25) is 0 Å². The van der Waals surface area contributed by atoms with E-state index in [0.717, 1.165) is 43.8 Å². The normalized spacial score (nSPS) is 17.2. The van der Waals surface area contributed by atoms with Gasteiger partial charge in [0.15, 0.2) is 5.96 Å². The number of halogens is 1. The van der Waals surface area contributed by atoms with Crippen LogP contribution < -0.4 is 20.3 Å². The lowest BCUT2D eigenvalue weighted by molar-refractivity contribution is 0.414. The summed E-state index contributed by atoms with van der Waals surface area (Å²) >= 11 is 0. The molecule has 0 bridgehead atoms. The molecule has 1 heterocycles. The number of aliphatic imine (C=N–C) groups is 1. The van der Waals surface area contributed by atoms with Crippen LogP contribution in [0.1, 0.15) is 33.1 Å². The Labute approximate surface area is 176 Å². The fraction of sp³-hybridized carbons (Fsp3) is 0.650. The monoisotopic (exact) mass is 474 g/mol. The van der Waals surface area contributed by atoms with Gasteiger partial charge in [-0.3, -0.25) is 4.99 Å². The zero-order valence-electron chi connectivity index (χ0n) is 16.6. The van der Waals surface area contributed by atoms with Gasteiger partial charge in [0.1, 0.15) is 5.75 Å². The topological polar surface area (TPSA) is 48.9 Å². The van der Waals surface area contributed by atoms with Gasteiger partial charge in [-0.1, -0.05) is 26.0 Å². The quantitative estimate of drug-likeness (QED) is 0.261. The van der Waals surface area contributed by atoms with Gasteiger partial charge in [-0.15, -0.1) is 24.0 Å². The van der Waals surface area contributed by atoms with Crippen LogP contribution in [-0.2, 0) is 0 Å². The van der Waals surface area contributed by atoms with Gasteiger partial charge in [0.25, 0.3) is 0 Å². The van der Waals surface area contributed by atoms with E-state index < -0.39 is 0 Å². The molecule has 0 amide bonds. The predicted molar refractivity (Wildman–Crippen MR) is 122 cm³/mol. The van der Waals surface area contributed by atoms with E-state index >= 15 is 0 Å². The Hall–Kier alpha value is -1.18. The van der Waals surface area contributed by atoms with Crippen LogP contribution in [-0.4, -0.2) is 46.3 Å². The number of guanidine groups is 1. The second kappa shape index (κ2) is 12.3. The molecule has 6 heteroatoms. The Morgan fingerprint density at radius 1 is 1.31 bits per heavy atom. The van der Waals surface area contributed by atoms with Crippen LogP contribution in [0.15, 0.2) is 29.3 Å². The van der Waals surface area contributed by atoms with Crippen LogP contribution in [0, 0.1) is 11.8 Å². The number of nitrogens with zero attached hydrogens (tertiary/aromatic N) is 2. The highest BCUT2D eigenvalue weighted by Crippen LogP contribution is 2.31. The van der Waals surface area contributed by atoms with Crippen molar-refractivity contribution in [3.63, 3.8) is 0 Å². The molecule has 1 aliphatic heterocycles. The van der Waals surface area contributed by atoms with Crippen molar-refractivity contribution in [2.75, 3.05) is 45.2 Å². The molecule has 0 spiro atoms. The molecular weight excluding hydrogens is 439 g/mol. The number of methoxy groups -OCH3 is 1. The van der Waals surface area contributed by atoms with Crippen molar-refractivity contribution in [2.24, 2.45) is 16.8 Å². The Balaban J connectivity index is 0.00000338. The third-order valence-corrected chi connectivity index (χ3v) is 4.74. The first-order chi connectivity index (χ1) is 12.1. The van der Waals surface area contributed by atoms with Crippen LogP contribution in [0.3, 0.4) is 0 Å². The summed E-state index contributed by atoms with van der Waals surface area (Å²) in [5.74, 6) is 3.26. The van der Waals surface area contributed by atoms with Crippen molar-refractivity contribution >= 4 is 35.6 Å². The number of anilines is 1. The molecule has 148 valence electrons. The summed E-state index contributed by atoms with van der Waals surface area (Å²) in [7, 11) is 3.58. The minimum atomic E-state index is 0. The molecule has 2 N–H and O–H groups in total. The van der Waals surface area contributed by atoms with Gasteiger partial charge in [-0.2, -0.15) is 0 Å². The molecule has 1 saturated heterocycles. The smallest absolute Gasteiger partial charge is 0.190 e. The first-order valence-electron chi connectivity index (χ1n) is 9.46. The predicted octanol–water partition coefficient (Wildman–Crippen LogP) is 3.74. The van der Waals surface area contributed by atoms with Gasteiger partial charge in [0, 0.05) is 33.2 Å². The molecule has 1 aromatic rings. The minimum absolute atomic E-state index is 0. The van der Waals surface area contributed by atoms with Gasteiger partial charge in [0.05, 0.1) is 12.8 Å². The molecule has 1 aliphatic rings. The van der Waals surface area contributed by atoms with Crippen molar-refractivity contribution < 1.29 is 4.74 Å². The highest BCUT2D eigenvalue weighted by Gasteiger charge is 2.24. The molecule has 0 saturated carbocycles. The third kappa shape index (κ3) is 7.21. The Kier molecular flexibility index (Phi) is 10.8. The first-order valence-corrected chi connectivity index (χ1v) is 9.46. The molecule has 5 nitrogen and oxygen atoms in total. The zero-order chi connectivity index (χ0) is 18.1. The molecular formula is C20H35IN4O. The molecule has 2 rings (SSSR count). The average molecular weight is 474 g/mol. The summed E-state index contributed by atoms with van der Waals surface area (Å²) in [6.45, 7) is 8.59. The van der Waals surface area contributed by atoms with Gasteiger partial charge < -0.3 is 20.3 Å². The molecule has 0 aliphatic carbocycles. The maximum absolute atomic E-state index is 5.49. The number of benzene rings is 1. The summed E-state index contributed by atoms with van der Waals surface area (Å²) in [4.78, 5) is 6.75. The van der Waals surface area contributed by atoms with Crippen molar-refractivity contribution in [1.29, 1.82) is 0 Å². The fourth-order valence-electron chi connectivity index (χ4n) is 3.29. The van der Waals surface area contributed by atoms with E-state index in [1.54, 1.807) is 7.11 Å². The summed E-state index contributed by atoms with van der Waals surface area (Å²) in [5.41, 5.74) is 1.20. The Morgan fingerprint density at radius 2 is 2.08 bits per heavy atom. The highest BCUT2D eigenvalue weighted by atomic mass is 127. The van der Waals surface area contributed by atoms with Gasteiger partial charge in [-0.05, 0) is 43.2 Å². The van der Waals surface area contributed by atoms with Crippen LogP contribution in [0.4, 0.5) is 5.69 Å². The zero-order valence-corrected chi connectivity index (χ0v) is 19.0. The Morgan fingerprint density at radius 3 is 2.77 bits per heavy atom. The van der Waals surface area contributed by atoms with E-state index in [0.29, 0.717) is 5.92 Å². The van der Waals surface area contributed by atoms with Crippen LogP contribution in [0.25, 0.3) is 0 Å². The summed E-state index contributed by atoms with van der Waals surface area (Å²) in [6, 6.07) is 8.27. The van der Waals surface area contributed by atoms with E-state index in [1.165, 1.54) is 24.9 Å². The number of ether oxygens (including phenoxy) is 1. The molecule has 1 unspecified atom stereocenters. The lowest BCUT2D eigenvalue weighted by Crippen LogP contribution is -2.40. The largest absolute Gasteiger partial charge is 0.495 e. The van der Waals surface area contributed by atoms with Gasteiger partial charge in [-0.25, -0.2) is 0 Å². The maximum Gasteiger partial charge on any atom is 0.190 e. The lowest BCUT2D eigenvalue weighted by atomic mass is 10.1. The second-order valence-electron chi connectivity index (χ2n) is 7.19. The van der Waals surface area contributed by atoms with E-state index in [1.807, 2.05) is 19.2 Å². The summed E-state index contributed by atoms with van der Waals surface area (Å²) in [5, 5.41) is 6.90. The standard InChI is InChI=1S/C20H34N4O.HI/c1-16(2)8-7-12-22-20(21-3)23-14-17-11-13-24(15-17)18-9-5-6-10-19(18)25-4;/h5-6,9-10,16-17H,7-8,11-15H2,1-4H3,(H2,21,22,23);1H. The summed E-state index contributed by atoms with van der Waals surface area (Å²) < 4.78 is 5.49. The Bertz CT molecular complexity index is 550. The van der Waals surface area contributed by atoms with E-state index in [4.69, 9.17) is 4.74 Å². The molecule has 0 aromatic heterocycles. The van der Waals surface area contributed by atoms with Crippen molar-refractivity contribution in [3.8, 4) is 5.75 Å². The molecule has 1 fully saturated rings. The maximum atomic E-state index is 5.49. The SMILES string of the molecule is CN=C(NCCCC(C)C)NCC1CCN(c2ccccc2OC)C1.I. The van der Waals surface area contributed by atoms with Crippen molar-refractivity contribution in [1.82, 2.24) is 10.6 Å². The highest BCUT2D eigenvalue weighted by molar-refractivity contribution is 14.0. The number of hydrogen-bond donors (Lipinski definition) is 2. The molecule has 1 atom stereocenters. The van der Waals surface area contributed by atoms with Crippen LogP contribution >= 0.6 is 24.0 Å². The number of hydrogen-bond acceptors (Lipinski definition) is 3. The molecule has 1 aromatic carbocycles. The van der Waals surface area contributed by atoms with E-state index in [2.05, 4.69) is 46.5 Å². The average Bonchev–Trinajstić information content (AvgIpc) is 3.09. The fourth-order valence-corrected chi connectivity index (χ4v) is 3.29. The van der Waals surface area contributed by atoms with Crippen LogP contribution in [0.5, 0.6) is 5.75 Å². The van der Waals surface area contributed by atoms with Crippen molar-refractivity contribution in [3.05, 3.63) is 24.3 Å². The third-order valence-electron chi connectivity index (χ3n) is 4.74. The second-order valence-corrected chi connectivity index (χ2v) is 7.19. The number of para-hydroxylation sites is 2. The first kappa shape index (κ1) is 22.9. The van der Waals surface area contributed by atoms with Gasteiger partial charge in [0.2, 0.25) is 0 Å². The molecule has 0 radical (unpaired) electrons. The minimum Gasteiger partial charge on any atom is -0.495 e.